The van der Waals surface area contributed by atoms with E-state index in [1.165, 1.54) is 12.1 Å². The molecule has 0 aliphatic carbocycles. The summed E-state index contributed by atoms with van der Waals surface area (Å²) in [6, 6.07) is 21.9. The summed E-state index contributed by atoms with van der Waals surface area (Å²) in [7, 11) is 0. The molecule has 146 valence electrons. The van der Waals surface area contributed by atoms with Gasteiger partial charge in [-0.3, -0.25) is 9.59 Å². The molecule has 2 amide bonds. The second kappa shape index (κ2) is 7.87. The Morgan fingerprint density at radius 3 is 2.52 bits per heavy atom. The Morgan fingerprint density at radius 1 is 1.03 bits per heavy atom. The lowest BCUT2D eigenvalue weighted by molar-refractivity contribution is -0.126. The molecule has 1 N–H and O–H groups in total. The van der Waals surface area contributed by atoms with Crippen molar-refractivity contribution in [2.75, 3.05) is 0 Å². The number of halogens is 1. The Bertz CT molecular complexity index is 1050. The van der Waals surface area contributed by atoms with E-state index < -0.39 is 6.04 Å². The third-order valence-corrected chi connectivity index (χ3v) is 5.30. The average Bonchev–Trinajstić information content (AvgIpc) is 3.05. The van der Waals surface area contributed by atoms with E-state index in [0.717, 1.165) is 5.56 Å². The molecule has 1 aliphatic rings. The predicted molar refractivity (Wildman–Crippen MR) is 108 cm³/mol. The third kappa shape index (κ3) is 3.63. The zero-order valence-electron chi connectivity index (χ0n) is 16.0. The fraction of sp³-hybridized carbons (Fsp3) is 0.167. The van der Waals surface area contributed by atoms with E-state index in [9.17, 15) is 14.0 Å². The second-order valence-electron chi connectivity index (χ2n) is 7.14. The Morgan fingerprint density at radius 2 is 1.76 bits per heavy atom. The number of carbonyl (C=O) groups excluding carboxylic acids is 2. The molecule has 2 unspecified atom stereocenters. The summed E-state index contributed by atoms with van der Waals surface area (Å²) in [5.74, 6) is -0.796. The predicted octanol–water partition coefficient (Wildman–Crippen LogP) is 4.40. The number of amides is 2. The van der Waals surface area contributed by atoms with Gasteiger partial charge in [-0.2, -0.15) is 0 Å². The fourth-order valence-corrected chi connectivity index (χ4v) is 3.83. The standard InChI is InChI=1S/C24H21FN2O2/c1-16(18-9-3-2-4-10-18)27-22(20-12-5-6-13-21(20)24(27)29)23(28)26-15-17-8-7-11-19(25)14-17/h2-14,16,22H,15H2,1H3,(H,26,28). The highest BCUT2D eigenvalue weighted by Gasteiger charge is 2.43. The van der Waals surface area contributed by atoms with Gasteiger partial charge in [0, 0.05) is 12.1 Å². The SMILES string of the molecule is CC(c1ccccc1)N1C(=O)c2ccccc2C1C(=O)NCc1cccc(F)c1. The zero-order chi connectivity index (χ0) is 20.4. The summed E-state index contributed by atoms with van der Waals surface area (Å²) in [5, 5.41) is 2.87. The van der Waals surface area contributed by atoms with Gasteiger partial charge in [0.2, 0.25) is 5.91 Å². The Labute approximate surface area is 169 Å². The summed E-state index contributed by atoms with van der Waals surface area (Å²) in [6.07, 6.45) is 0. The van der Waals surface area contributed by atoms with Crippen LogP contribution in [0.1, 0.15) is 46.1 Å². The van der Waals surface area contributed by atoms with Crippen LogP contribution >= 0.6 is 0 Å². The first-order valence-corrected chi connectivity index (χ1v) is 9.55. The minimum absolute atomic E-state index is 0.164. The first kappa shape index (κ1) is 18.9. The molecular weight excluding hydrogens is 367 g/mol. The molecule has 1 heterocycles. The molecule has 4 rings (SSSR count). The van der Waals surface area contributed by atoms with Gasteiger partial charge in [-0.25, -0.2) is 4.39 Å². The van der Waals surface area contributed by atoms with Crippen LogP contribution in [0.5, 0.6) is 0 Å². The summed E-state index contributed by atoms with van der Waals surface area (Å²) < 4.78 is 13.4. The molecular formula is C24H21FN2O2. The molecule has 4 nitrogen and oxygen atoms in total. The van der Waals surface area contributed by atoms with Gasteiger partial charge in [0.15, 0.2) is 0 Å². The largest absolute Gasteiger partial charge is 0.350 e. The number of fused-ring (bicyclic) bond motifs is 1. The molecule has 0 spiro atoms. The molecule has 0 saturated heterocycles. The Kier molecular flexibility index (Phi) is 5.12. The second-order valence-corrected chi connectivity index (χ2v) is 7.14. The molecule has 0 bridgehead atoms. The van der Waals surface area contributed by atoms with Gasteiger partial charge in [-0.15, -0.1) is 0 Å². The van der Waals surface area contributed by atoms with E-state index in [0.29, 0.717) is 16.7 Å². The average molecular weight is 388 g/mol. The maximum Gasteiger partial charge on any atom is 0.255 e. The van der Waals surface area contributed by atoms with Crippen LogP contribution in [-0.2, 0) is 11.3 Å². The van der Waals surface area contributed by atoms with Crippen LogP contribution in [0.15, 0.2) is 78.9 Å². The fourth-order valence-electron chi connectivity index (χ4n) is 3.83. The monoisotopic (exact) mass is 388 g/mol. The molecule has 2 atom stereocenters. The first-order chi connectivity index (χ1) is 14.1. The number of carbonyl (C=O) groups is 2. The molecule has 29 heavy (non-hydrogen) atoms. The van der Waals surface area contributed by atoms with Crippen molar-refractivity contribution >= 4 is 11.8 Å². The van der Waals surface area contributed by atoms with Gasteiger partial charge in [-0.1, -0.05) is 60.7 Å². The number of nitrogens with one attached hydrogen (secondary N) is 1. The highest BCUT2D eigenvalue weighted by molar-refractivity contribution is 6.04. The highest BCUT2D eigenvalue weighted by Crippen LogP contribution is 2.39. The van der Waals surface area contributed by atoms with Gasteiger partial charge < -0.3 is 10.2 Å². The van der Waals surface area contributed by atoms with Crippen molar-refractivity contribution < 1.29 is 14.0 Å². The van der Waals surface area contributed by atoms with Crippen molar-refractivity contribution in [1.29, 1.82) is 0 Å². The molecule has 5 heteroatoms. The first-order valence-electron chi connectivity index (χ1n) is 9.55. The summed E-state index contributed by atoms with van der Waals surface area (Å²) >= 11 is 0. The van der Waals surface area contributed by atoms with Gasteiger partial charge in [0.1, 0.15) is 11.9 Å². The van der Waals surface area contributed by atoms with Crippen LogP contribution < -0.4 is 5.32 Å². The molecule has 0 saturated carbocycles. The lowest BCUT2D eigenvalue weighted by Crippen LogP contribution is -2.40. The molecule has 0 aromatic heterocycles. The molecule has 0 fully saturated rings. The van der Waals surface area contributed by atoms with Crippen LogP contribution in [-0.4, -0.2) is 16.7 Å². The number of nitrogens with zero attached hydrogens (tertiary/aromatic N) is 1. The highest BCUT2D eigenvalue weighted by atomic mass is 19.1. The minimum Gasteiger partial charge on any atom is -0.350 e. The third-order valence-electron chi connectivity index (χ3n) is 5.30. The zero-order valence-corrected chi connectivity index (χ0v) is 16.0. The van der Waals surface area contributed by atoms with Gasteiger partial charge in [0.25, 0.3) is 5.91 Å². The summed E-state index contributed by atoms with van der Waals surface area (Å²) in [4.78, 5) is 27.9. The number of benzene rings is 3. The van der Waals surface area contributed by atoms with E-state index >= 15 is 0 Å². The number of hydrogen-bond acceptors (Lipinski definition) is 2. The van der Waals surface area contributed by atoms with Crippen LogP contribution in [0.25, 0.3) is 0 Å². The lowest BCUT2D eigenvalue weighted by atomic mass is 10.0. The lowest BCUT2D eigenvalue weighted by Gasteiger charge is -2.31. The molecule has 1 aliphatic heterocycles. The van der Waals surface area contributed by atoms with E-state index in [1.54, 1.807) is 29.2 Å². The number of hydrogen-bond donors (Lipinski definition) is 1. The normalized spacial score (nSPS) is 16.4. The van der Waals surface area contributed by atoms with Gasteiger partial charge in [0.05, 0.1) is 6.04 Å². The number of rotatable bonds is 5. The van der Waals surface area contributed by atoms with Crippen LogP contribution in [0, 0.1) is 5.82 Å². The van der Waals surface area contributed by atoms with Crippen molar-refractivity contribution in [1.82, 2.24) is 10.2 Å². The van der Waals surface area contributed by atoms with Gasteiger partial charge in [-0.05, 0) is 41.8 Å². The minimum atomic E-state index is -0.734. The van der Waals surface area contributed by atoms with E-state index in [2.05, 4.69) is 5.32 Å². The van der Waals surface area contributed by atoms with Gasteiger partial charge >= 0.3 is 0 Å². The van der Waals surface area contributed by atoms with Crippen molar-refractivity contribution in [2.24, 2.45) is 0 Å². The maximum absolute atomic E-state index is 13.4. The van der Waals surface area contributed by atoms with E-state index in [4.69, 9.17) is 0 Å². The topological polar surface area (TPSA) is 49.4 Å². The quantitative estimate of drug-likeness (QED) is 0.704. The van der Waals surface area contributed by atoms with Crippen molar-refractivity contribution in [3.8, 4) is 0 Å². The van der Waals surface area contributed by atoms with Crippen LogP contribution in [0.2, 0.25) is 0 Å². The van der Waals surface area contributed by atoms with E-state index in [-0.39, 0.29) is 30.2 Å². The maximum atomic E-state index is 13.4. The van der Waals surface area contributed by atoms with Crippen LogP contribution in [0.3, 0.4) is 0 Å². The molecule has 0 radical (unpaired) electrons. The molecule has 3 aromatic carbocycles. The Hall–Kier alpha value is -3.47. The van der Waals surface area contributed by atoms with Crippen LogP contribution in [0.4, 0.5) is 4.39 Å². The smallest absolute Gasteiger partial charge is 0.255 e. The van der Waals surface area contributed by atoms with E-state index in [1.807, 2.05) is 49.4 Å². The summed E-state index contributed by atoms with van der Waals surface area (Å²) in [5.41, 5.74) is 2.86. The summed E-state index contributed by atoms with van der Waals surface area (Å²) in [6.45, 7) is 2.11. The Balaban J connectivity index is 1.63. The van der Waals surface area contributed by atoms with Crippen molar-refractivity contribution in [2.45, 2.75) is 25.6 Å². The van der Waals surface area contributed by atoms with Crippen molar-refractivity contribution in [3.05, 3.63) is 107 Å². The molecule has 3 aromatic rings. The van der Waals surface area contributed by atoms with Crippen molar-refractivity contribution in [3.63, 3.8) is 0 Å².